The van der Waals surface area contributed by atoms with Gasteiger partial charge in [-0.05, 0) is 54.8 Å². The Bertz CT molecular complexity index is 876. The molecular formula is C22H23F3O6. The monoisotopic (exact) mass is 440 g/mol. The molecule has 1 heterocycles. The van der Waals surface area contributed by atoms with E-state index in [0.29, 0.717) is 25.2 Å². The maximum Gasteiger partial charge on any atom is 0.416 e. The van der Waals surface area contributed by atoms with Crippen LogP contribution in [0.3, 0.4) is 0 Å². The lowest BCUT2D eigenvalue weighted by Gasteiger charge is -2.23. The molecule has 0 radical (unpaired) electrons. The number of ether oxygens (including phenoxy) is 3. The Morgan fingerprint density at radius 3 is 2.35 bits per heavy atom. The lowest BCUT2D eigenvalue weighted by molar-refractivity contribution is -0.159. The van der Waals surface area contributed by atoms with Crippen LogP contribution in [0, 0.1) is 0 Å². The molecule has 0 saturated carbocycles. The predicted octanol–water partition coefficient (Wildman–Crippen LogP) is 3.70. The molecule has 1 fully saturated rings. The number of carboxylic acids is 1. The largest absolute Gasteiger partial charge is 0.491 e. The van der Waals surface area contributed by atoms with Crippen molar-refractivity contribution >= 4 is 5.97 Å². The molecule has 2 atom stereocenters. The van der Waals surface area contributed by atoms with E-state index in [2.05, 4.69) is 0 Å². The maximum absolute atomic E-state index is 12.6. The van der Waals surface area contributed by atoms with Crippen LogP contribution in [0.15, 0.2) is 48.5 Å². The molecular weight excluding hydrogens is 417 g/mol. The average Bonchev–Trinajstić information content (AvgIpc) is 3.20. The minimum Gasteiger partial charge on any atom is -0.491 e. The minimum absolute atomic E-state index is 0.106. The fraction of sp³-hybridized carbons (Fsp3) is 0.409. The summed E-state index contributed by atoms with van der Waals surface area (Å²) in [5.41, 5.74) is -1.28. The van der Waals surface area contributed by atoms with Crippen LogP contribution in [0.4, 0.5) is 13.2 Å². The van der Waals surface area contributed by atoms with Crippen molar-refractivity contribution in [2.45, 2.75) is 37.1 Å². The first kappa shape index (κ1) is 22.9. The summed E-state index contributed by atoms with van der Waals surface area (Å²) in [6, 6.07) is 11.0. The summed E-state index contributed by atoms with van der Waals surface area (Å²) in [6.45, 7) is 0.138. The first-order valence-corrected chi connectivity index (χ1v) is 9.75. The highest BCUT2D eigenvalue weighted by molar-refractivity contribution is 5.78. The smallest absolute Gasteiger partial charge is 0.416 e. The van der Waals surface area contributed by atoms with Crippen LogP contribution in [0.25, 0.3) is 0 Å². The molecule has 2 aromatic rings. The summed E-state index contributed by atoms with van der Waals surface area (Å²) >= 11 is 0. The zero-order chi connectivity index (χ0) is 22.5. The van der Waals surface area contributed by atoms with Crippen LogP contribution in [-0.2, 0) is 22.1 Å². The summed E-state index contributed by atoms with van der Waals surface area (Å²) in [4.78, 5) is 11.6. The van der Waals surface area contributed by atoms with E-state index < -0.39 is 29.4 Å². The van der Waals surface area contributed by atoms with Gasteiger partial charge in [0.05, 0.1) is 5.56 Å². The minimum atomic E-state index is -4.42. The number of halogens is 3. The molecule has 2 unspecified atom stereocenters. The average molecular weight is 440 g/mol. The zero-order valence-electron chi connectivity index (χ0n) is 16.6. The second-order valence-electron chi connectivity index (χ2n) is 7.37. The van der Waals surface area contributed by atoms with Gasteiger partial charge >= 0.3 is 12.1 Å². The molecule has 0 aromatic heterocycles. The van der Waals surface area contributed by atoms with Gasteiger partial charge in [0.2, 0.25) is 0 Å². The molecule has 168 valence electrons. The molecule has 0 bridgehead atoms. The van der Waals surface area contributed by atoms with Crippen LogP contribution >= 0.6 is 0 Å². The summed E-state index contributed by atoms with van der Waals surface area (Å²) in [6.07, 6.45) is -4.11. The van der Waals surface area contributed by atoms with Gasteiger partial charge < -0.3 is 24.4 Å². The zero-order valence-corrected chi connectivity index (χ0v) is 16.6. The maximum atomic E-state index is 12.6. The lowest BCUT2D eigenvalue weighted by Crippen LogP contribution is -2.40. The van der Waals surface area contributed by atoms with Crippen molar-refractivity contribution in [1.29, 1.82) is 0 Å². The predicted molar refractivity (Wildman–Crippen MR) is 104 cm³/mol. The number of benzene rings is 2. The second-order valence-corrected chi connectivity index (χ2v) is 7.37. The van der Waals surface area contributed by atoms with Gasteiger partial charge in [-0.1, -0.05) is 12.1 Å². The molecule has 0 amide bonds. The molecule has 2 N–H and O–H groups in total. The van der Waals surface area contributed by atoms with Gasteiger partial charge in [0, 0.05) is 13.0 Å². The van der Waals surface area contributed by atoms with E-state index >= 15 is 0 Å². The quantitative estimate of drug-likeness (QED) is 0.619. The van der Waals surface area contributed by atoms with Crippen LogP contribution in [-0.4, -0.2) is 47.7 Å². The molecule has 0 spiro atoms. The number of aliphatic hydroxyl groups excluding tert-OH is 1. The van der Waals surface area contributed by atoms with Crippen LogP contribution in [0.5, 0.6) is 11.5 Å². The Hall–Kier alpha value is -2.78. The number of aliphatic carboxylic acids is 1. The van der Waals surface area contributed by atoms with Crippen molar-refractivity contribution in [2.24, 2.45) is 0 Å². The van der Waals surface area contributed by atoms with Crippen LogP contribution in [0.1, 0.15) is 24.0 Å². The molecule has 1 aliphatic rings. The number of rotatable bonds is 9. The fourth-order valence-electron chi connectivity index (χ4n) is 3.33. The first-order valence-electron chi connectivity index (χ1n) is 9.75. The molecule has 9 heteroatoms. The summed E-state index contributed by atoms with van der Waals surface area (Å²) in [7, 11) is 0. The summed E-state index contributed by atoms with van der Waals surface area (Å²) in [5, 5.41) is 19.6. The van der Waals surface area contributed by atoms with Crippen molar-refractivity contribution in [3.8, 4) is 11.5 Å². The normalized spacial score (nSPS) is 19.7. The Labute approximate surface area is 177 Å². The number of carboxylic acid groups (broad SMARTS) is 1. The van der Waals surface area contributed by atoms with E-state index in [-0.39, 0.29) is 25.4 Å². The van der Waals surface area contributed by atoms with Gasteiger partial charge in [-0.2, -0.15) is 13.2 Å². The van der Waals surface area contributed by atoms with Crippen molar-refractivity contribution < 1.29 is 42.4 Å². The Balaban J connectivity index is 1.49. The van der Waals surface area contributed by atoms with Gasteiger partial charge in [0.15, 0.2) is 5.60 Å². The summed E-state index contributed by atoms with van der Waals surface area (Å²) in [5.74, 6) is -0.346. The molecule has 1 saturated heterocycles. The number of hydrogen-bond donors (Lipinski definition) is 2. The fourth-order valence-corrected chi connectivity index (χ4v) is 3.33. The number of alkyl halides is 3. The van der Waals surface area contributed by atoms with Gasteiger partial charge in [-0.15, -0.1) is 0 Å². The molecule has 3 rings (SSSR count). The van der Waals surface area contributed by atoms with Crippen molar-refractivity contribution in [3.05, 3.63) is 59.7 Å². The standard InChI is InChI=1S/C22H23F3O6/c23-22(24,25)16-5-7-18(8-6-16)29-13-17(26)14-30-19-4-1-3-15(11-19)12-21(20(27)28)9-2-10-31-21/h1,3-8,11,17,26H,2,9-10,12-14H2,(H,27,28). The van der Waals surface area contributed by atoms with E-state index in [1.54, 1.807) is 24.3 Å². The van der Waals surface area contributed by atoms with Crippen LogP contribution < -0.4 is 9.47 Å². The first-order chi connectivity index (χ1) is 14.7. The Morgan fingerprint density at radius 2 is 1.77 bits per heavy atom. The topological polar surface area (TPSA) is 85.2 Å². The van der Waals surface area contributed by atoms with Gasteiger partial charge in [0.1, 0.15) is 30.8 Å². The molecule has 1 aliphatic heterocycles. The van der Waals surface area contributed by atoms with Crippen molar-refractivity contribution in [1.82, 2.24) is 0 Å². The number of hydrogen-bond acceptors (Lipinski definition) is 5. The SMILES string of the molecule is O=C(O)C1(Cc2cccc(OCC(O)COc3ccc(C(F)(F)F)cc3)c2)CCCO1. The van der Waals surface area contributed by atoms with Crippen LogP contribution in [0.2, 0.25) is 0 Å². The molecule has 6 nitrogen and oxygen atoms in total. The highest BCUT2D eigenvalue weighted by Crippen LogP contribution is 2.31. The molecule has 0 aliphatic carbocycles. The van der Waals surface area contributed by atoms with E-state index in [9.17, 15) is 28.2 Å². The van der Waals surface area contributed by atoms with Crippen molar-refractivity contribution in [2.75, 3.05) is 19.8 Å². The Kier molecular flexibility index (Phi) is 7.07. The van der Waals surface area contributed by atoms with E-state index in [0.717, 1.165) is 17.7 Å². The second kappa shape index (κ2) is 9.57. The Morgan fingerprint density at radius 1 is 1.10 bits per heavy atom. The summed E-state index contributed by atoms with van der Waals surface area (Å²) < 4.78 is 54.0. The highest BCUT2D eigenvalue weighted by atomic mass is 19.4. The third-order valence-electron chi connectivity index (χ3n) is 4.95. The third kappa shape index (κ3) is 6.11. The van der Waals surface area contributed by atoms with Gasteiger partial charge in [-0.3, -0.25) is 0 Å². The lowest BCUT2D eigenvalue weighted by atomic mass is 9.91. The van der Waals surface area contributed by atoms with E-state index in [4.69, 9.17) is 14.2 Å². The third-order valence-corrected chi connectivity index (χ3v) is 4.95. The number of aliphatic hydroxyl groups is 1. The van der Waals surface area contributed by atoms with E-state index in [1.165, 1.54) is 12.1 Å². The molecule has 31 heavy (non-hydrogen) atoms. The van der Waals surface area contributed by atoms with E-state index in [1.807, 2.05) is 0 Å². The number of carbonyl (C=O) groups is 1. The van der Waals surface area contributed by atoms with Gasteiger partial charge in [-0.25, -0.2) is 4.79 Å². The highest BCUT2D eigenvalue weighted by Gasteiger charge is 2.43. The van der Waals surface area contributed by atoms with Gasteiger partial charge in [0.25, 0.3) is 0 Å². The van der Waals surface area contributed by atoms with Crippen molar-refractivity contribution in [3.63, 3.8) is 0 Å². The molecule has 2 aromatic carbocycles.